The van der Waals surface area contributed by atoms with Crippen LogP contribution >= 0.6 is 0 Å². The molecule has 1 saturated carbocycles. The Labute approximate surface area is 226 Å². The number of hydrogen-bond acceptors (Lipinski definition) is 5. The van der Waals surface area contributed by atoms with E-state index >= 15 is 0 Å². The molecule has 1 amide bonds. The van der Waals surface area contributed by atoms with Crippen molar-refractivity contribution in [1.82, 2.24) is 14.7 Å². The average Bonchev–Trinajstić information content (AvgIpc) is 3.33. The largest absolute Gasteiger partial charge is 0.468 e. The minimum absolute atomic E-state index is 0.00141. The highest BCUT2D eigenvalue weighted by molar-refractivity contribution is 5.81. The molecule has 4 rings (SSSR count). The molecule has 1 aromatic carbocycles. The van der Waals surface area contributed by atoms with E-state index in [1.54, 1.807) is 0 Å². The van der Waals surface area contributed by atoms with Crippen molar-refractivity contribution in [3.63, 3.8) is 0 Å². The summed E-state index contributed by atoms with van der Waals surface area (Å²) < 4.78 is 33.7. The SMILES string of the molecule is COC(=O)C(CC1CCCCC1)N1CCN(C(=O)[C@@H]2CN(C(C)(C)C)C[C@H]2c2ccc(F)cc2F)C[C@H]1C. The lowest BCUT2D eigenvalue weighted by atomic mass is 9.84. The van der Waals surface area contributed by atoms with Gasteiger partial charge in [-0.2, -0.15) is 0 Å². The van der Waals surface area contributed by atoms with Gasteiger partial charge in [-0.1, -0.05) is 38.2 Å². The molecular weight excluding hydrogens is 488 g/mol. The molecule has 2 aliphatic heterocycles. The summed E-state index contributed by atoms with van der Waals surface area (Å²) in [6, 6.07) is 3.39. The predicted molar refractivity (Wildman–Crippen MR) is 144 cm³/mol. The number of amides is 1. The fraction of sp³-hybridized carbons (Fsp3) is 0.733. The molecule has 212 valence electrons. The van der Waals surface area contributed by atoms with Crippen molar-refractivity contribution in [2.75, 3.05) is 39.8 Å². The Bertz CT molecular complexity index is 991. The van der Waals surface area contributed by atoms with Crippen molar-refractivity contribution < 1.29 is 23.1 Å². The molecule has 3 aliphatic rings. The number of halogens is 2. The molecule has 4 atom stereocenters. The van der Waals surface area contributed by atoms with Crippen molar-refractivity contribution >= 4 is 11.9 Å². The minimum Gasteiger partial charge on any atom is -0.468 e. The van der Waals surface area contributed by atoms with Crippen molar-refractivity contribution in [2.45, 2.75) is 89.8 Å². The van der Waals surface area contributed by atoms with Gasteiger partial charge in [-0.05, 0) is 51.7 Å². The molecule has 3 fully saturated rings. The fourth-order valence-corrected chi connectivity index (χ4v) is 6.83. The Morgan fingerprint density at radius 1 is 1.05 bits per heavy atom. The van der Waals surface area contributed by atoms with Gasteiger partial charge in [0.2, 0.25) is 5.91 Å². The molecular formula is C30H45F2N3O3. The number of likely N-dealkylation sites (tertiary alicyclic amines) is 1. The van der Waals surface area contributed by atoms with Gasteiger partial charge < -0.3 is 9.64 Å². The van der Waals surface area contributed by atoms with E-state index in [0.717, 1.165) is 25.3 Å². The molecule has 8 heteroatoms. The van der Waals surface area contributed by atoms with Crippen LogP contribution in [0.4, 0.5) is 8.78 Å². The number of hydrogen-bond donors (Lipinski definition) is 0. The lowest BCUT2D eigenvalue weighted by Gasteiger charge is -2.44. The number of rotatable bonds is 6. The zero-order valence-corrected chi connectivity index (χ0v) is 23.7. The van der Waals surface area contributed by atoms with Crippen LogP contribution in [0.3, 0.4) is 0 Å². The maximum absolute atomic E-state index is 14.9. The number of ether oxygens (including phenoxy) is 1. The van der Waals surface area contributed by atoms with E-state index in [9.17, 15) is 18.4 Å². The molecule has 0 N–H and O–H groups in total. The topological polar surface area (TPSA) is 53.1 Å². The molecule has 38 heavy (non-hydrogen) atoms. The summed E-state index contributed by atoms with van der Waals surface area (Å²) in [6.45, 7) is 11.1. The molecule has 1 aliphatic carbocycles. The van der Waals surface area contributed by atoms with Gasteiger partial charge in [0.15, 0.2) is 0 Å². The summed E-state index contributed by atoms with van der Waals surface area (Å²) in [4.78, 5) is 33.1. The second-order valence-electron chi connectivity index (χ2n) is 12.6. The summed E-state index contributed by atoms with van der Waals surface area (Å²) >= 11 is 0. The third kappa shape index (κ3) is 6.39. The first kappa shape index (κ1) is 28.9. The van der Waals surface area contributed by atoms with Gasteiger partial charge in [-0.25, -0.2) is 8.78 Å². The first-order chi connectivity index (χ1) is 18.0. The number of piperazine rings is 1. The maximum atomic E-state index is 14.9. The lowest BCUT2D eigenvalue weighted by Crippen LogP contribution is -2.60. The van der Waals surface area contributed by atoms with E-state index in [-0.39, 0.29) is 35.4 Å². The normalized spacial score (nSPS) is 26.9. The number of methoxy groups -OCH3 is 1. The Morgan fingerprint density at radius 3 is 2.37 bits per heavy atom. The molecule has 2 saturated heterocycles. The van der Waals surface area contributed by atoms with E-state index in [4.69, 9.17) is 4.74 Å². The van der Waals surface area contributed by atoms with Crippen LogP contribution in [-0.2, 0) is 14.3 Å². The third-order valence-corrected chi connectivity index (χ3v) is 9.09. The first-order valence-corrected chi connectivity index (χ1v) is 14.3. The van der Waals surface area contributed by atoms with E-state index < -0.39 is 17.6 Å². The third-order valence-electron chi connectivity index (χ3n) is 9.09. The Hall–Kier alpha value is -2.06. The van der Waals surface area contributed by atoms with Crippen LogP contribution in [-0.4, -0.2) is 84.0 Å². The summed E-state index contributed by atoms with van der Waals surface area (Å²) in [6.07, 6.45) is 6.84. The number of nitrogens with zero attached hydrogens (tertiary/aromatic N) is 3. The van der Waals surface area contributed by atoms with E-state index in [2.05, 4.69) is 37.5 Å². The zero-order valence-electron chi connectivity index (χ0n) is 23.7. The minimum atomic E-state index is -0.613. The van der Waals surface area contributed by atoms with Gasteiger partial charge in [0.1, 0.15) is 17.7 Å². The van der Waals surface area contributed by atoms with Gasteiger partial charge in [-0.15, -0.1) is 0 Å². The summed E-state index contributed by atoms with van der Waals surface area (Å²) in [5.74, 6) is -1.60. The van der Waals surface area contributed by atoms with Crippen LogP contribution in [0.5, 0.6) is 0 Å². The van der Waals surface area contributed by atoms with Crippen LogP contribution in [0.15, 0.2) is 18.2 Å². The zero-order chi connectivity index (χ0) is 27.6. The highest BCUT2D eigenvalue weighted by Crippen LogP contribution is 2.39. The molecule has 0 aromatic heterocycles. The number of carbonyl (C=O) groups is 2. The molecule has 0 radical (unpaired) electrons. The number of esters is 1. The van der Waals surface area contributed by atoms with Gasteiger partial charge >= 0.3 is 5.97 Å². The van der Waals surface area contributed by atoms with Crippen molar-refractivity contribution in [1.29, 1.82) is 0 Å². The van der Waals surface area contributed by atoms with Gasteiger partial charge in [0.25, 0.3) is 0 Å². The van der Waals surface area contributed by atoms with Crippen LogP contribution in [0, 0.1) is 23.5 Å². The standard InChI is InChI=1S/C30H45F2N3O3/c1-20-17-33(13-14-35(20)27(29(37)38-5)15-21-9-7-6-8-10-21)28(36)25-19-34(30(2,3)4)18-24(25)23-12-11-22(31)16-26(23)32/h11-12,16,20-21,24-25,27H,6-10,13-15,17-19H2,1-5H3/t20-,24+,25-,27?/m1/s1. The lowest BCUT2D eigenvalue weighted by molar-refractivity contribution is -0.151. The van der Waals surface area contributed by atoms with Crippen LogP contribution in [0.2, 0.25) is 0 Å². The predicted octanol–water partition coefficient (Wildman–Crippen LogP) is 4.82. The van der Waals surface area contributed by atoms with Crippen LogP contribution in [0.25, 0.3) is 0 Å². The summed E-state index contributed by atoms with van der Waals surface area (Å²) in [5, 5.41) is 0. The van der Waals surface area contributed by atoms with E-state index in [1.165, 1.54) is 38.5 Å². The molecule has 2 heterocycles. The molecule has 6 nitrogen and oxygen atoms in total. The highest BCUT2D eigenvalue weighted by atomic mass is 19.1. The summed E-state index contributed by atoms with van der Waals surface area (Å²) in [5.41, 5.74) is 0.226. The second-order valence-corrected chi connectivity index (χ2v) is 12.6. The molecule has 0 spiro atoms. The van der Waals surface area contributed by atoms with Crippen molar-refractivity contribution in [2.24, 2.45) is 11.8 Å². The first-order valence-electron chi connectivity index (χ1n) is 14.3. The maximum Gasteiger partial charge on any atom is 0.323 e. The number of carbonyl (C=O) groups excluding carboxylic acids is 2. The van der Waals surface area contributed by atoms with Crippen LogP contribution < -0.4 is 0 Å². The highest BCUT2D eigenvalue weighted by Gasteiger charge is 2.46. The van der Waals surface area contributed by atoms with Crippen molar-refractivity contribution in [3.8, 4) is 0 Å². The van der Waals surface area contributed by atoms with E-state index in [1.807, 2.05) is 4.90 Å². The van der Waals surface area contributed by atoms with Crippen LogP contribution in [0.1, 0.15) is 77.7 Å². The smallest absolute Gasteiger partial charge is 0.323 e. The Morgan fingerprint density at radius 2 is 1.76 bits per heavy atom. The monoisotopic (exact) mass is 533 g/mol. The van der Waals surface area contributed by atoms with Gasteiger partial charge in [0.05, 0.1) is 13.0 Å². The van der Waals surface area contributed by atoms with Crippen molar-refractivity contribution in [3.05, 3.63) is 35.4 Å². The van der Waals surface area contributed by atoms with Gasteiger partial charge in [0, 0.05) is 56.3 Å². The number of benzene rings is 1. The van der Waals surface area contributed by atoms with E-state index in [0.29, 0.717) is 44.2 Å². The Balaban J connectivity index is 1.49. The van der Waals surface area contributed by atoms with Gasteiger partial charge in [-0.3, -0.25) is 19.4 Å². The Kier molecular flexibility index (Phi) is 9.13. The molecule has 0 bridgehead atoms. The molecule has 1 unspecified atom stereocenters. The fourth-order valence-electron chi connectivity index (χ4n) is 6.83. The average molecular weight is 534 g/mol. The summed E-state index contributed by atoms with van der Waals surface area (Å²) in [7, 11) is 1.45. The molecule has 1 aromatic rings. The second kappa shape index (κ2) is 12.0. The quantitative estimate of drug-likeness (QED) is 0.491.